The van der Waals surface area contributed by atoms with Crippen molar-refractivity contribution in [2.45, 2.75) is 45.2 Å². The van der Waals surface area contributed by atoms with Crippen molar-refractivity contribution in [3.63, 3.8) is 0 Å². The monoisotopic (exact) mass is 323 g/mol. The first kappa shape index (κ1) is 17.2. The van der Waals surface area contributed by atoms with Crippen LogP contribution in [0.2, 0.25) is 0 Å². The van der Waals surface area contributed by atoms with Gasteiger partial charge in [-0.3, -0.25) is 4.99 Å². The van der Waals surface area contributed by atoms with Crippen molar-refractivity contribution in [3.8, 4) is 0 Å². The molecule has 2 rings (SSSR count). The highest BCUT2D eigenvalue weighted by atomic mass is 32.1. The second-order valence-corrected chi connectivity index (χ2v) is 7.17. The first-order valence-corrected chi connectivity index (χ1v) is 9.01. The van der Waals surface area contributed by atoms with Crippen LogP contribution in [0.3, 0.4) is 0 Å². The Labute approximate surface area is 138 Å². The summed E-state index contributed by atoms with van der Waals surface area (Å²) in [6.07, 6.45) is 5.49. The van der Waals surface area contributed by atoms with Crippen molar-refractivity contribution < 1.29 is 0 Å². The Morgan fingerprint density at radius 2 is 2.14 bits per heavy atom. The molecule has 0 aliphatic heterocycles. The van der Waals surface area contributed by atoms with Gasteiger partial charge >= 0.3 is 0 Å². The molecule has 1 aliphatic rings. The second kappa shape index (κ2) is 8.48. The Kier molecular flexibility index (Phi) is 6.64. The van der Waals surface area contributed by atoms with Crippen molar-refractivity contribution >= 4 is 17.3 Å². The molecule has 1 heterocycles. The SMILES string of the molecule is CN=C(NCCN(C)C1CCCC1)N(C)Cc1csc(C)n1. The fourth-order valence-electron chi connectivity index (χ4n) is 3.06. The molecule has 0 saturated heterocycles. The van der Waals surface area contributed by atoms with Crippen molar-refractivity contribution in [3.05, 3.63) is 16.1 Å². The summed E-state index contributed by atoms with van der Waals surface area (Å²) in [7, 11) is 6.14. The number of guanidine groups is 1. The zero-order valence-corrected chi connectivity index (χ0v) is 15.1. The number of rotatable bonds is 6. The summed E-state index contributed by atoms with van der Waals surface area (Å²) in [5, 5.41) is 6.69. The number of aromatic nitrogens is 1. The fourth-order valence-corrected chi connectivity index (χ4v) is 3.66. The highest BCUT2D eigenvalue weighted by Crippen LogP contribution is 2.21. The molecule has 1 saturated carbocycles. The molecule has 0 bridgehead atoms. The molecule has 6 heteroatoms. The minimum absolute atomic E-state index is 0.777. The number of thiazole rings is 1. The Bertz CT molecular complexity index is 479. The van der Waals surface area contributed by atoms with Crippen LogP contribution in [0.25, 0.3) is 0 Å². The average Bonchev–Trinajstić information content (AvgIpc) is 3.15. The number of nitrogens with one attached hydrogen (secondary N) is 1. The van der Waals surface area contributed by atoms with Crippen LogP contribution >= 0.6 is 11.3 Å². The van der Waals surface area contributed by atoms with E-state index < -0.39 is 0 Å². The predicted molar refractivity (Wildman–Crippen MR) is 94.6 cm³/mol. The third-order valence-corrected chi connectivity index (χ3v) is 5.16. The minimum atomic E-state index is 0.777. The average molecular weight is 324 g/mol. The van der Waals surface area contributed by atoms with Crippen molar-refractivity contribution in [1.82, 2.24) is 20.1 Å². The van der Waals surface area contributed by atoms with E-state index in [1.165, 1.54) is 25.7 Å². The van der Waals surface area contributed by atoms with Gasteiger partial charge in [0.2, 0.25) is 0 Å². The van der Waals surface area contributed by atoms with E-state index in [0.29, 0.717) is 0 Å². The zero-order valence-electron chi connectivity index (χ0n) is 14.3. The Morgan fingerprint density at radius 1 is 1.41 bits per heavy atom. The van der Waals surface area contributed by atoms with Crippen molar-refractivity contribution in [2.24, 2.45) is 4.99 Å². The first-order chi connectivity index (χ1) is 10.6. The molecule has 22 heavy (non-hydrogen) atoms. The maximum Gasteiger partial charge on any atom is 0.193 e. The van der Waals surface area contributed by atoms with Crippen LogP contribution in [-0.2, 0) is 6.54 Å². The van der Waals surface area contributed by atoms with Gasteiger partial charge in [0.15, 0.2) is 5.96 Å². The van der Waals surface area contributed by atoms with Gasteiger partial charge in [-0.2, -0.15) is 0 Å². The lowest BCUT2D eigenvalue weighted by Crippen LogP contribution is -2.43. The Morgan fingerprint density at radius 3 is 2.73 bits per heavy atom. The van der Waals surface area contributed by atoms with Gasteiger partial charge in [0.1, 0.15) is 0 Å². The molecule has 1 N–H and O–H groups in total. The molecule has 0 spiro atoms. The number of likely N-dealkylation sites (N-methyl/N-ethyl adjacent to an activating group) is 1. The molecule has 0 aromatic carbocycles. The van der Waals surface area contributed by atoms with Gasteiger partial charge in [0.25, 0.3) is 0 Å². The van der Waals surface area contributed by atoms with Crippen LogP contribution in [0.5, 0.6) is 0 Å². The maximum absolute atomic E-state index is 4.51. The van der Waals surface area contributed by atoms with E-state index in [-0.39, 0.29) is 0 Å². The fraction of sp³-hybridized carbons (Fsp3) is 0.750. The summed E-state index contributed by atoms with van der Waals surface area (Å²) in [5.74, 6) is 0.936. The van der Waals surface area contributed by atoms with E-state index >= 15 is 0 Å². The summed E-state index contributed by atoms with van der Waals surface area (Å²) in [5.41, 5.74) is 1.11. The number of hydrogen-bond donors (Lipinski definition) is 1. The lowest BCUT2D eigenvalue weighted by atomic mass is 10.2. The number of aryl methyl sites for hydroxylation is 1. The first-order valence-electron chi connectivity index (χ1n) is 8.13. The molecule has 5 nitrogen and oxygen atoms in total. The van der Waals surface area contributed by atoms with Crippen LogP contribution in [0.1, 0.15) is 36.4 Å². The molecule has 1 aromatic rings. The highest BCUT2D eigenvalue weighted by molar-refractivity contribution is 7.09. The number of nitrogens with zero attached hydrogens (tertiary/aromatic N) is 4. The van der Waals surface area contributed by atoms with E-state index in [4.69, 9.17) is 0 Å². The van der Waals surface area contributed by atoms with Gasteiger partial charge in [-0.25, -0.2) is 4.98 Å². The highest BCUT2D eigenvalue weighted by Gasteiger charge is 2.19. The van der Waals surface area contributed by atoms with Crippen LogP contribution in [0.15, 0.2) is 10.4 Å². The van der Waals surface area contributed by atoms with E-state index in [0.717, 1.165) is 42.3 Å². The minimum Gasteiger partial charge on any atom is -0.355 e. The third-order valence-electron chi connectivity index (χ3n) is 4.33. The number of aliphatic imine (C=N–C) groups is 1. The Hall–Kier alpha value is -1.14. The van der Waals surface area contributed by atoms with Gasteiger partial charge < -0.3 is 15.1 Å². The molecule has 0 unspecified atom stereocenters. The topological polar surface area (TPSA) is 43.8 Å². The van der Waals surface area contributed by atoms with E-state index in [1.54, 1.807) is 11.3 Å². The smallest absolute Gasteiger partial charge is 0.193 e. The Balaban J connectivity index is 1.74. The second-order valence-electron chi connectivity index (χ2n) is 6.11. The van der Waals surface area contributed by atoms with Gasteiger partial charge in [0, 0.05) is 38.6 Å². The summed E-state index contributed by atoms with van der Waals surface area (Å²) < 4.78 is 0. The summed E-state index contributed by atoms with van der Waals surface area (Å²) in [6, 6.07) is 0.777. The quantitative estimate of drug-likeness (QED) is 0.645. The van der Waals surface area contributed by atoms with E-state index in [1.807, 2.05) is 14.0 Å². The molecule has 1 fully saturated rings. The van der Waals surface area contributed by atoms with Crippen LogP contribution in [-0.4, -0.2) is 61.0 Å². The molecular weight excluding hydrogens is 294 g/mol. The molecule has 124 valence electrons. The summed E-state index contributed by atoms with van der Waals surface area (Å²) in [4.78, 5) is 13.5. The zero-order chi connectivity index (χ0) is 15.9. The van der Waals surface area contributed by atoms with E-state index in [2.05, 4.69) is 44.6 Å². The van der Waals surface area contributed by atoms with Crippen LogP contribution in [0.4, 0.5) is 0 Å². The van der Waals surface area contributed by atoms with Gasteiger partial charge in [-0.15, -0.1) is 11.3 Å². The van der Waals surface area contributed by atoms with Gasteiger partial charge in [-0.05, 0) is 26.8 Å². The van der Waals surface area contributed by atoms with Crippen LogP contribution < -0.4 is 5.32 Å². The molecular formula is C16H29N5S. The van der Waals surface area contributed by atoms with Crippen molar-refractivity contribution in [1.29, 1.82) is 0 Å². The lowest BCUT2D eigenvalue weighted by molar-refractivity contribution is 0.248. The van der Waals surface area contributed by atoms with Gasteiger partial charge in [0.05, 0.1) is 17.2 Å². The van der Waals surface area contributed by atoms with Crippen LogP contribution in [0, 0.1) is 6.92 Å². The summed E-state index contributed by atoms with van der Waals surface area (Å²) in [6.45, 7) is 4.83. The maximum atomic E-state index is 4.51. The summed E-state index contributed by atoms with van der Waals surface area (Å²) >= 11 is 1.70. The van der Waals surface area contributed by atoms with Crippen molar-refractivity contribution in [2.75, 3.05) is 34.2 Å². The van der Waals surface area contributed by atoms with Gasteiger partial charge in [-0.1, -0.05) is 12.8 Å². The lowest BCUT2D eigenvalue weighted by Gasteiger charge is -2.26. The number of hydrogen-bond acceptors (Lipinski definition) is 4. The molecule has 0 radical (unpaired) electrons. The molecule has 1 aliphatic carbocycles. The molecule has 0 amide bonds. The van der Waals surface area contributed by atoms with E-state index in [9.17, 15) is 0 Å². The normalized spacial score (nSPS) is 16.5. The largest absolute Gasteiger partial charge is 0.355 e. The predicted octanol–water partition coefficient (Wildman–Crippen LogP) is 2.33. The standard InChI is InChI=1S/C16H29N5S/c1-13-19-14(12-22-13)11-21(4)16(17-2)18-9-10-20(3)15-7-5-6-8-15/h12,15H,5-11H2,1-4H3,(H,17,18). The molecule has 0 atom stereocenters. The molecule has 1 aromatic heterocycles. The third kappa shape index (κ3) is 4.95.